The summed E-state index contributed by atoms with van der Waals surface area (Å²) in [5.74, 6) is -2.48. The molecule has 3 heterocycles. The Labute approximate surface area is 224 Å². The maximum atomic E-state index is 13.9. The Morgan fingerprint density at radius 1 is 1.11 bits per heavy atom. The number of nitrogens with two attached hydrogens (primary N) is 1. The smallest absolute Gasteiger partial charge is 0.250 e. The number of imide groups is 1. The van der Waals surface area contributed by atoms with Crippen LogP contribution in [0.2, 0.25) is 5.02 Å². The largest absolute Gasteiger partial charge is 0.493 e. The summed E-state index contributed by atoms with van der Waals surface area (Å²) in [7, 11) is 3.08. The van der Waals surface area contributed by atoms with E-state index in [2.05, 4.69) is 10.6 Å². The molecule has 4 N–H and O–H groups in total. The highest BCUT2D eigenvalue weighted by atomic mass is 35.5. The second-order valence-electron chi connectivity index (χ2n) is 9.96. The van der Waals surface area contributed by atoms with Crippen LogP contribution in [0.4, 0.5) is 5.69 Å². The Bertz CT molecular complexity index is 1360. The van der Waals surface area contributed by atoms with E-state index in [1.165, 1.54) is 12.0 Å². The van der Waals surface area contributed by atoms with Crippen LogP contribution in [-0.2, 0) is 31.1 Å². The van der Waals surface area contributed by atoms with Crippen LogP contribution in [0, 0.1) is 18.8 Å². The number of benzene rings is 2. The molecule has 200 valence electrons. The second kappa shape index (κ2) is 9.59. The molecule has 4 amide bonds. The van der Waals surface area contributed by atoms with E-state index in [9.17, 15) is 19.2 Å². The van der Waals surface area contributed by atoms with Crippen LogP contribution in [0.3, 0.4) is 0 Å². The molecule has 3 aliphatic heterocycles. The number of aryl methyl sites for hydroxylation is 1. The van der Waals surface area contributed by atoms with Crippen molar-refractivity contribution in [3.05, 3.63) is 52.0 Å². The number of rotatable bonds is 8. The zero-order chi connectivity index (χ0) is 27.4. The van der Waals surface area contributed by atoms with Gasteiger partial charge in [0.1, 0.15) is 5.54 Å². The van der Waals surface area contributed by atoms with Crippen molar-refractivity contribution in [3.8, 4) is 11.5 Å². The summed E-state index contributed by atoms with van der Waals surface area (Å²) < 4.78 is 10.6. The van der Waals surface area contributed by atoms with Gasteiger partial charge in [0.15, 0.2) is 11.5 Å². The highest BCUT2D eigenvalue weighted by Gasteiger charge is 2.70. The number of fused-ring (bicyclic) bond motifs is 4. The summed E-state index contributed by atoms with van der Waals surface area (Å²) in [6.45, 7) is 1.97. The number of primary amides is 1. The second-order valence-corrected chi connectivity index (χ2v) is 10.4. The predicted octanol–water partition coefficient (Wildman–Crippen LogP) is 1.89. The van der Waals surface area contributed by atoms with Gasteiger partial charge in [0.25, 0.3) is 0 Å². The van der Waals surface area contributed by atoms with Gasteiger partial charge in [-0.15, -0.1) is 0 Å². The highest BCUT2D eigenvalue weighted by Crippen LogP contribution is 2.55. The molecule has 0 unspecified atom stereocenters. The van der Waals surface area contributed by atoms with Gasteiger partial charge >= 0.3 is 0 Å². The molecular weight excluding hydrogens is 512 g/mol. The average molecular weight is 541 g/mol. The summed E-state index contributed by atoms with van der Waals surface area (Å²) in [6, 6.07) is 8.34. The molecule has 0 aromatic heterocycles. The lowest BCUT2D eigenvalue weighted by atomic mass is 9.76. The Morgan fingerprint density at radius 2 is 1.84 bits per heavy atom. The van der Waals surface area contributed by atoms with Crippen LogP contribution < -0.4 is 25.8 Å². The fourth-order valence-corrected chi connectivity index (χ4v) is 6.42. The number of carbonyl (C=O) groups is 4. The van der Waals surface area contributed by atoms with Crippen molar-refractivity contribution in [2.45, 2.75) is 37.8 Å². The molecule has 2 fully saturated rings. The number of anilines is 1. The Kier molecular flexibility index (Phi) is 6.56. The van der Waals surface area contributed by atoms with Crippen LogP contribution in [0.25, 0.3) is 0 Å². The van der Waals surface area contributed by atoms with Gasteiger partial charge in [-0.05, 0) is 49.1 Å². The molecular formula is C27H29ClN4O6. The zero-order valence-electron chi connectivity index (χ0n) is 21.3. The zero-order valence-corrected chi connectivity index (χ0v) is 22.1. The Hall–Kier alpha value is -3.63. The maximum absolute atomic E-state index is 13.9. The van der Waals surface area contributed by atoms with E-state index in [0.29, 0.717) is 34.2 Å². The third-order valence-corrected chi connectivity index (χ3v) is 8.08. The minimum Gasteiger partial charge on any atom is -0.493 e. The third kappa shape index (κ3) is 3.90. The first-order chi connectivity index (χ1) is 18.1. The Balaban J connectivity index is 1.50. The minimum atomic E-state index is -1.48. The fourth-order valence-electron chi connectivity index (χ4n) is 6.10. The monoisotopic (exact) mass is 540 g/mol. The third-order valence-electron chi connectivity index (χ3n) is 7.79. The van der Waals surface area contributed by atoms with Crippen LogP contribution in [0.5, 0.6) is 11.5 Å². The van der Waals surface area contributed by atoms with Gasteiger partial charge in [-0.2, -0.15) is 0 Å². The highest BCUT2D eigenvalue weighted by molar-refractivity contribution is 6.35. The summed E-state index contributed by atoms with van der Waals surface area (Å²) in [5, 5.41) is 6.47. The summed E-state index contributed by atoms with van der Waals surface area (Å²) in [4.78, 5) is 54.1. The lowest BCUT2D eigenvalue weighted by Crippen LogP contribution is -2.53. The number of halogens is 1. The topological polar surface area (TPSA) is 140 Å². The van der Waals surface area contributed by atoms with Gasteiger partial charge in [0.2, 0.25) is 23.6 Å². The van der Waals surface area contributed by atoms with Gasteiger partial charge in [-0.1, -0.05) is 23.7 Å². The van der Waals surface area contributed by atoms with E-state index in [1.807, 2.05) is 19.1 Å². The van der Waals surface area contributed by atoms with Gasteiger partial charge < -0.3 is 20.5 Å². The van der Waals surface area contributed by atoms with Crippen molar-refractivity contribution in [1.29, 1.82) is 0 Å². The van der Waals surface area contributed by atoms with Crippen molar-refractivity contribution in [2.24, 2.45) is 17.6 Å². The molecule has 4 atom stereocenters. The Morgan fingerprint density at radius 3 is 2.53 bits per heavy atom. The van der Waals surface area contributed by atoms with Crippen LogP contribution in [0.15, 0.2) is 30.3 Å². The van der Waals surface area contributed by atoms with Crippen LogP contribution in [0.1, 0.15) is 29.5 Å². The predicted molar refractivity (Wildman–Crippen MR) is 139 cm³/mol. The summed E-state index contributed by atoms with van der Waals surface area (Å²) in [5.41, 5.74) is 6.53. The number of hydrogen-bond acceptors (Lipinski definition) is 7. The van der Waals surface area contributed by atoms with E-state index >= 15 is 0 Å². The van der Waals surface area contributed by atoms with Gasteiger partial charge in [-0.3, -0.25) is 29.4 Å². The van der Waals surface area contributed by atoms with Crippen molar-refractivity contribution in [1.82, 2.24) is 10.2 Å². The normalized spacial score (nSPS) is 25.5. The number of nitrogens with one attached hydrogen (secondary N) is 2. The molecule has 0 bridgehead atoms. The van der Waals surface area contributed by atoms with E-state index < -0.39 is 41.1 Å². The number of hydrogen-bond donors (Lipinski definition) is 3. The van der Waals surface area contributed by atoms with Crippen molar-refractivity contribution in [3.63, 3.8) is 0 Å². The first-order valence-corrected chi connectivity index (χ1v) is 12.7. The molecule has 10 nitrogen and oxygen atoms in total. The summed E-state index contributed by atoms with van der Waals surface area (Å²) >= 11 is 6.46. The van der Waals surface area contributed by atoms with Crippen molar-refractivity contribution in [2.75, 3.05) is 26.1 Å². The number of methoxy groups -OCH3 is 2. The van der Waals surface area contributed by atoms with E-state index in [-0.39, 0.29) is 25.3 Å². The van der Waals surface area contributed by atoms with E-state index in [0.717, 1.165) is 11.1 Å². The number of likely N-dealkylation sites (tertiary alicyclic amines) is 1. The molecule has 3 aliphatic rings. The number of nitrogens with zero attached hydrogens (tertiary/aromatic N) is 1. The molecule has 0 aliphatic carbocycles. The first kappa shape index (κ1) is 26.0. The van der Waals surface area contributed by atoms with Crippen LogP contribution >= 0.6 is 11.6 Å². The quantitative estimate of drug-likeness (QED) is 0.434. The van der Waals surface area contributed by atoms with Crippen molar-refractivity contribution >= 4 is 40.9 Å². The molecule has 0 radical (unpaired) electrons. The number of amides is 4. The molecule has 1 spiro atoms. The van der Waals surface area contributed by atoms with Gasteiger partial charge in [0, 0.05) is 24.6 Å². The average Bonchev–Trinajstić information content (AvgIpc) is 3.46. The molecule has 5 rings (SSSR count). The molecule has 2 aromatic carbocycles. The van der Waals surface area contributed by atoms with Crippen LogP contribution in [-0.4, -0.2) is 55.3 Å². The van der Waals surface area contributed by atoms with Crippen molar-refractivity contribution < 1.29 is 28.7 Å². The molecule has 0 saturated carbocycles. The van der Waals surface area contributed by atoms with E-state index in [1.54, 1.807) is 25.3 Å². The molecule has 2 aromatic rings. The maximum Gasteiger partial charge on any atom is 0.250 e. The molecule has 2 saturated heterocycles. The standard InChI is InChI=1S/C27H29ClN4O6/c1-13-10-15-23(16(28)11-13)30-26(36)27(15)22-21(17(31-27)5-7-20(29)33)24(34)32(25(22)35)9-8-14-4-6-18(37-2)19(12-14)38-3/h4,6,10-12,17,21-22,31H,5,7-9H2,1-3H3,(H2,29,33)(H,30,36)/t17-,21-,22+,27+/m1/s1. The van der Waals surface area contributed by atoms with Gasteiger partial charge in [0.05, 0.1) is 36.8 Å². The number of ether oxygens (including phenoxy) is 2. The van der Waals surface area contributed by atoms with E-state index in [4.69, 9.17) is 26.8 Å². The summed E-state index contributed by atoms with van der Waals surface area (Å²) in [6.07, 6.45) is 0.605. The SMILES string of the molecule is COc1ccc(CCN2C(=O)[C@H]3[C@@H](C2=O)[C@]2(N[C@@H]3CCC(N)=O)C(=O)Nc3c(Cl)cc(C)cc32)cc1OC. The molecule has 38 heavy (non-hydrogen) atoms. The minimum absolute atomic E-state index is 0.00707. The van der Waals surface area contributed by atoms with Gasteiger partial charge in [-0.25, -0.2) is 0 Å². The molecule has 11 heteroatoms. The number of carbonyl (C=O) groups excluding carboxylic acids is 4. The lowest BCUT2D eigenvalue weighted by Gasteiger charge is -2.29. The fraction of sp³-hybridized carbons (Fsp3) is 0.407. The lowest BCUT2D eigenvalue weighted by molar-refractivity contribution is -0.142. The first-order valence-electron chi connectivity index (χ1n) is 12.4.